The van der Waals surface area contributed by atoms with Crippen molar-refractivity contribution in [2.24, 2.45) is 0 Å². The molecule has 2 rings (SSSR count). The van der Waals surface area contributed by atoms with Gasteiger partial charge in [-0.15, -0.1) is 0 Å². The predicted molar refractivity (Wildman–Crippen MR) is 98.8 cm³/mol. The molecule has 0 heterocycles. The lowest BCUT2D eigenvalue weighted by Gasteiger charge is -2.04. The second-order valence-corrected chi connectivity index (χ2v) is 6.03. The van der Waals surface area contributed by atoms with Crippen LogP contribution in [0.1, 0.15) is 30.4 Å². The maximum absolute atomic E-state index is 5.67. The zero-order valence-corrected chi connectivity index (χ0v) is 14.5. The van der Waals surface area contributed by atoms with Crippen molar-refractivity contribution in [1.82, 2.24) is 0 Å². The molecular weight excluding hydrogens is 336 g/mol. The molecule has 0 bridgehead atoms. The first-order valence-electron chi connectivity index (χ1n) is 7.88. The molecule has 2 heteroatoms. The van der Waals surface area contributed by atoms with E-state index >= 15 is 0 Å². The second kappa shape index (κ2) is 10.2. The van der Waals surface area contributed by atoms with Crippen LogP contribution in [0, 0.1) is 0 Å². The quantitative estimate of drug-likeness (QED) is 0.401. The van der Waals surface area contributed by atoms with E-state index in [1.165, 1.54) is 17.5 Å². The van der Waals surface area contributed by atoms with Crippen LogP contribution in [0.2, 0.25) is 0 Å². The highest BCUT2D eigenvalue weighted by molar-refractivity contribution is 9.09. The van der Waals surface area contributed by atoms with Gasteiger partial charge in [0.1, 0.15) is 5.75 Å². The molecule has 2 aromatic carbocycles. The average Bonchev–Trinajstić information content (AvgIpc) is 2.58. The number of aryl methyl sites for hydroxylation is 1. The number of hydrogen-bond donors (Lipinski definition) is 0. The Morgan fingerprint density at radius 2 is 1.68 bits per heavy atom. The number of hydrogen-bond acceptors (Lipinski definition) is 1. The van der Waals surface area contributed by atoms with E-state index in [0.29, 0.717) is 0 Å². The van der Waals surface area contributed by atoms with Crippen LogP contribution in [-0.4, -0.2) is 11.9 Å². The third-order valence-electron chi connectivity index (χ3n) is 3.42. The topological polar surface area (TPSA) is 9.23 Å². The van der Waals surface area contributed by atoms with E-state index in [4.69, 9.17) is 4.74 Å². The standard InChI is InChI=1S/C20H23BrO/c21-16-7-9-19-14-12-18(13-15-19)8-3-2-6-17-22-20-10-4-1-5-11-20/h1,3-5,8,10-15H,2,6-7,9,16-17H2. The molecule has 0 amide bonds. The van der Waals surface area contributed by atoms with Crippen LogP contribution in [0.3, 0.4) is 0 Å². The van der Waals surface area contributed by atoms with Gasteiger partial charge in [0.15, 0.2) is 0 Å². The molecule has 0 radical (unpaired) electrons. The number of unbranched alkanes of at least 4 members (excludes halogenated alkanes) is 1. The molecule has 1 nitrogen and oxygen atoms in total. The Hall–Kier alpha value is -1.54. The lowest BCUT2D eigenvalue weighted by molar-refractivity contribution is 0.312. The van der Waals surface area contributed by atoms with Gasteiger partial charge >= 0.3 is 0 Å². The number of benzene rings is 2. The SMILES string of the molecule is BrCCCc1ccc(C=CCCCOc2ccccc2)cc1. The van der Waals surface area contributed by atoms with Gasteiger partial charge in [0.05, 0.1) is 6.61 Å². The minimum atomic E-state index is 0.764. The third-order valence-corrected chi connectivity index (χ3v) is 3.98. The van der Waals surface area contributed by atoms with Crippen molar-refractivity contribution in [3.05, 3.63) is 71.8 Å². The second-order valence-electron chi connectivity index (χ2n) is 5.24. The zero-order valence-electron chi connectivity index (χ0n) is 12.9. The first-order valence-corrected chi connectivity index (χ1v) is 9.00. The lowest BCUT2D eigenvalue weighted by Crippen LogP contribution is -1.95. The summed E-state index contributed by atoms with van der Waals surface area (Å²) in [6.45, 7) is 0.764. The van der Waals surface area contributed by atoms with E-state index in [2.05, 4.69) is 52.3 Å². The van der Waals surface area contributed by atoms with E-state index in [-0.39, 0.29) is 0 Å². The monoisotopic (exact) mass is 358 g/mol. The van der Waals surface area contributed by atoms with Crippen LogP contribution >= 0.6 is 15.9 Å². The zero-order chi connectivity index (χ0) is 15.5. The van der Waals surface area contributed by atoms with E-state index < -0.39 is 0 Å². The largest absolute Gasteiger partial charge is 0.494 e. The first kappa shape index (κ1) is 16.8. The Balaban J connectivity index is 1.65. The summed E-state index contributed by atoms with van der Waals surface area (Å²) in [5, 5.41) is 1.07. The molecule has 0 saturated heterocycles. The van der Waals surface area contributed by atoms with E-state index in [0.717, 1.165) is 36.9 Å². The Morgan fingerprint density at radius 1 is 0.909 bits per heavy atom. The van der Waals surface area contributed by atoms with Gasteiger partial charge in [0.2, 0.25) is 0 Å². The maximum atomic E-state index is 5.67. The molecular formula is C20H23BrO. The summed E-state index contributed by atoms with van der Waals surface area (Å²) in [7, 11) is 0. The summed E-state index contributed by atoms with van der Waals surface area (Å²) in [4.78, 5) is 0. The lowest BCUT2D eigenvalue weighted by atomic mass is 10.1. The predicted octanol–water partition coefficient (Wildman–Crippen LogP) is 5.89. The van der Waals surface area contributed by atoms with E-state index in [9.17, 15) is 0 Å². The van der Waals surface area contributed by atoms with Crippen LogP contribution in [0.5, 0.6) is 5.75 Å². The molecule has 0 unspecified atom stereocenters. The highest BCUT2D eigenvalue weighted by atomic mass is 79.9. The van der Waals surface area contributed by atoms with E-state index in [1.807, 2.05) is 30.3 Å². The summed E-state index contributed by atoms with van der Waals surface area (Å²) >= 11 is 3.47. The number of halogens is 1. The smallest absolute Gasteiger partial charge is 0.119 e. The fourth-order valence-corrected chi connectivity index (χ4v) is 2.47. The summed E-state index contributed by atoms with van der Waals surface area (Å²) in [5.74, 6) is 0.950. The minimum absolute atomic E-state index is 0.764. The fraction of sp³-hybridized carbons (Fsp3) is 0.300. The Kier molecular flexibility index (Phi) is 7.82. The molecule has 0 aliphatic rings. The molecule has 0 saturated carbocycles. The van der Waals surface area contributed by atoms with Crippen LogP contribution in [0.15, 0.2) is 60.7 Å². The highest BCUT2D eigenvalue weighted by Crippen LogP contribution is 2.11. The molecule has 22 heavy (non-hydrogen) atoms. The minimum Gasteiger partial charge on any atom is -0.494 e. The summed E-state index contributed by atoms with van der Waals surface area (Å²) in [5.41, 5.74) is 2.68. The number of ether oxygens (including phenoxy) is 1. The molecule has 116 valence electrons. The molecule has 0 aliphatic heterocycles. The third kappa shape index (κ3) is 6.48. The van der Waals surface area contributed by atoms with Gasteiger partial charge in [-0.1, -0.05) is 70.5 Å². The molecule has 0 spiro atoms. The molecule has 0 aromatic heterocycles. The van der Waals surface area contributed by atoms with Crippen molar-refractivity contribution in [2.45, 2.75) is 25.7 Å². The Morgan fingerprint density at radius 3 is 2.41 bits per heavy atom. The first-order chi connectivity index (χ1) is 10.9. The molecule has 0 N–H and O–H groups in total. The summed E-state index contributed by atoms with van der Waals surface area (Å²) in [6, 6.07) is 18.8. The van der Waals surface area contributed by atoms with Crippen molar-refractivity contribution in [3.8, 4) is 5.75 Å². The molecule has 0 atom stereocenters. The van der Waals surface area contributed by atoms with Gasteiger partial charge in [-0.25, -0.2) is 0 Å². The Labute approximate surface area is 142 Å². The number of rotatable bonds is 9. The van der Waals surface area contributed by atoms with Crippen molar-refractivity contribution in [1.29, 1.82) is 0 Å². The fourth-order valence-electron chi connectivity index (χ4n) is 2.19. The summed E-state index contributed by atoms with van der Waals surface area (Å²) < 4.78 is 5.67. The maximum Gasteiger partial charge on any atom is 0.119 e. The van der Waals surface area contributed by atoms with Crippen LogP contribution in [-0.2, 0) is 6.42 Å². The highest BCUT2D eigenvalue weighted by Gasteiger charge is 1.93. The van der Waals surface area contributed by atoms with Crippen LogP contribution < -0.4 is 4.74 Å². The normalized spacial score (nSPS) is 11.0. The van der Waals surface area contributed by atoms with Crippen molar-refractivity contribution >= 4 is 22.0 Å². The van der Waals surface area contributed by atoms with Crippen molar-refractivity contribution in [3.63, 3.8) is 0 Å². The van der Waals surface area contributed by atoms with Crippen LogP contribution in [0.25, 0.3) is 6.08 Å². The van der Waals surface area contributed by atoms with Gasteiger partial charge < -0.3 is 4.74 Å². The molecule has 2 aromatic rings. The number of para-hydroxylation sites is 1. The molecule has 0 fully saturated rings. The van der Waals surface area contributed by atoms with Gasteiger partial charge in [0, 0.05) is 5.33 Å². The van der Waals surface area contributed by atoms with Crippen molar-refractivity contribution in [2.75, 3.05) is 11.9 Å². The molecule has 0 aliphatic carbocycles. The van der Waals surface area contributed by atoms with Gasteiger partial charge in [-0.05, 0) is 48.9 Å². The Bertz CT molecular complexity index is 546. The average molecular weight is 359 g/mol. The number of allylic oxidation sites excluding steroid dienone is 1. The van der Waals surface area contributed by atoms with Gasteiger partial charge in [0.25, 0.3) is 0 Å². The van der Waals surface area contributed by atoms with E-state index in [1.54, 1.807) is 0 Å². The van der Waals surface area contributed by atoms with Gasteiger partial charge in [-0.2, -0.15) is 0 Å². The summed E-state index contributed by atoms with van der Waals surface area (Å²) in [6.07, 6.45) is 8.83. The van der Waals surface area contributed by atoms with Crippen molar-refractivity contribution < 1.29 is 4.74 Å². The van der Waals surface area contributed by atoms with Crippen LogP contribution in [0.4, 0.5) is 0 Å². The number of alkyl halides is 1. The van der Waals surface area contributed by atoms with Gasteiger partial charge in [-0.3, -0.25) is 0 Å².